The maximum absolute atomic E-state index is 12.6. The van der Waals surface area contributed by atoms with E-state index >= 15 is 0 Å². The highest BCUT2D eigenvalue weighted by atomic mass is 32.2. The fourth-order valence-electron chi connectivity index (χ4n) is 2.07. The van der Waals surface area contributed by atoms with Crippen LogP contribution in [0.5, 0.6) is 0 Å². The van der Waals surface area contributed by atoms with Gasteiger partial charge in [-0.05, 0) is 37.6 Å². The van der Waals surface area contributed by atoms with Crippen LogP contribution in [0.25, 0.3) is 0 Å². The van der Waals surface area contributed by atoms with Gasteiger partial charge in [-0.25, -0.2) is 8.42 Å². The summed E-state index contributed by atoms with van der Waals surface area (Å²) in [6.07, 6.45) is 0. The van der Waals surface area contributed by atoms with E-state index in [1.807, 2.05) is 0 Å². The highest BCUT2D eigenvalue weighted by Gasteiger charge is 2.39. The van der Waals surface area contributed by atoms with Crippen LogP contribution >= 0.6 is 0 Å². The lowest BCUT2D eigenvalue weighted by Gasteiger charge is -2.31. The summed E-state index contributed by atoms with van der Waals surface area (Å²) in [7, 11) is -3.93. The van der Waals surface area contributed by atoms with E-state index in [0.29, 0.717) is 11.3 Å². The second kappa shape index (κ2) is 4.88. The van der Waals surface area contributed by atoms with Gasteiger partial charge in [0, 0.05) is 5.69 Å². The van der Waals surface area contributed by atoms with Crippen LogP contribution < -0.4 is 11.1 Å². The first-order valence-corrected chi connectivity index (χ1v) is 7.39. The van der Waals surface area contributed by atoms with Crippen LogP contribution in [0.1, 0.15) is 12.5 Å². The molecule has 1 heterocycles. The number of hydrogen-bond donors (Lipinski definition) is 2. The Labute approximate surface area is 116 Å². The van der Waals surface area contributed by atoms with Gasteiger partial charge in [0.25, 0.3) is 0 Å². The van der Waals surface area contributed by atoms with Crippen molar-refractivity contribution >= 4 is 27.5 Å². The highest BCUT2D eigenvalue weighted by Crippen LogP contribution is 2.24. The maximum atomic E-state index is 12.6. The average Bonchev–Trinajstić information content (AvgIpc) is 2.33. The Morgan fingerprint density at radius 3 is 2.60 bits per heavy atom. The minimum absolute atomic E-state index is 0.0426. The Kier molecular flexibility index (Phi) is 3.53. The lowest BCUT2D eigenvalue weighted by molar-refractivity contribution is -0.136. The van der Waals surface area contributed by atoms with Crippen LogP contribution in [-0.4, -0.2) is 37.1 Å². The molecule has 1 aromatic rings. The van der Waals surface area contributed by atoms with Gasteiger partial charge in [-0.3, -0.25) is 14.9 Å². The molecule has 0 spiro atoms. The molecule has 0 aliphatic carbocycles. The molecule has 20 heavy (non-hydrogen) atoms. The zero-order valence-corrected chi connectivity index (χ0v) is 11.9. The van der Waals surface area contributed by atoms with Crippen molar-refractivity contribution in [3.05, 3.63) is 23.8 Å². The fourth-order valence-corrected chi connectivity index (χ4v) is 3.83. The van der Waals surface area contributed by atoms with E-state index < -0.39 is 27.9 Å². The van der Waals surface area contributed by atoms with Crippen molar-refractivity contribution in [2.24, 2.45) is 0 Å². The summed E-state index contributed by atoms with van der Waals surface area (Å²) in [6, 6.07) is 3.44. The number of imide groups is 1. The van der Waals surface area contributed by atoms with Crippen LogP contribution in [0.15, 0.2) is 23.1 Å². The number of benzene rings is 1. The van der Waals surface area contributed by atoms with Gasteiger partial charge in [0.1, 0.15) is 6.04 Å². The molecular weight excluding hydrogens is 282 g/mol. The molecule has 0 bridgehead atoms. The van der Waals surface area contributed by atoms with Gasteiger partial charge in [0.15, 0.2) is 0 Å². The number of nitrogens with one attached hydrogen (secondary N) is 1. The number of hydrogen-bond acceptors (Lipinski definition) is 5. The number of piperazine rings is 1. The van der Waals surface area contributed by atoms with Gasteiger partial charge in [-0.1, -0.05) is 0 Å². The first-order valence-electron chi connectivity index (χ1n) is 5.95. The molecule has 1 atom stereocenters. The summed E-state index contributed by atoms with van der Waals surface area (Å²) in [5.74, 6) is -1.26. The van der Waals surface area contributed by atoms with Crippen LogP contribution in [0.4, 0.5) is 5.69 Å². The van der Waals surface area contributed by atoms with Crippen molar-refractivity contribution in [1.29, 1.82) is 0 Å². The van der Waals surface area contributed by atoms with Crippen molar-refractivity contribution in [1.82, 2.24) is 9.62 Å². The average molecular weight is 297 g/mol. The predicted molar refractivity (Wildman–Crippen MR) is 72.1 cm³/mol. The summed E-state index contributed by atoms with van der Waals surface area (Å²) in [4.78, 5) is 23.0. The monoisotopic (exact) mass is 297 g/mol. The number of carbonyl (C=O) groups excluding carboxylic acids is 2. The quantitative estimate of drug-likeness (QED) is 0.571. The Bertz CT molecular complexity index is 684. The van der Waals surface area contributed by atoms with Crippen molar-refractivity contribution in [3.8, 4) is 0 Å². The zero-order chi connectivity index (χ0) is 15.1. The number of amides is 2. The first-order chi connectivity index (χ1) is 9.23. The molecule has 1 aromatic carbocycles. The molecular formula is C12H15N3O4S. The molecule has 8 heteroatoms. The first kappa shape index (κ1) is 14.5. The number of nitrogens with zero attached hydrogens (tertiary/aromatic N) is 1. The topological polar surface area (TPSA) is 110 Å². The third-order valence-corrected chi connectivity index (χ3v) is 5.24. The molecule has 2 rings (SSSR count). The fraction of sp³-hybridized carbons (Fsp3) is 0.333. The van der Waals surface area contributed by atoms with E-state index in [-0.39, 0.29) is 11.4 Å². The minimum Gasteiger partial charge on any atom is -0.399 e. The number of anilines is 1. The molecule has 1 unspecified atom stereocenters. The summed E-state index contributed by atoms with van der Waals surface area (Å²) in [5, 5.41) is 2.10. The highest BCUT2D eigenvalue weighted by molar-refractivity contribution is 7.89. The number of carbonyl (C=O) groups is 2. The van der Waals surface area contributed by atoms with E-state index in [9.17, 15) is 18.0 Å². The van der Waals surface area contributed by atoms with E-state index in [1.54, 1.807) is 6.92 Å². The summed E-state index contributed by atoms with van der Waals surface area (Å²) in [6.45, 7) is 2.67. The molecule has 3 N–H and O–H groups in total. The van der Waals surface area contributed by atoms with Crippen LogP contribution in [0.2, 0.25) is 0 Å². The molecule has 2 amide bonds. The number of sulfonamides is 1. The van der Waals surface area contributed by atoms with E-state index in [1.165, 1.54) is 25.1 Å². The lowest BCUT2D eigenvalue weighted by Crippen LogP contribution is -2.58. The molecule has 1 aliphatic rings. The third-order valence-electron chi connectivity index (χ3n) is 3.16. The van der Waals surface area contributed by atoms with Crippen molar-refractivity contribution in [3.63, 3.8) is 0 Å². The SMILES string of the molecule is Cc1cc(N)ccc1S(=O)(=O)N1CC(=O)NC(=O)C1C. The second-order valence-electron chi connectivity index (χ2n) is 4.66. The van der Waals surface area contributed by atoms with Crippen LogP contribution in [-0.2, 0) is 19.6 Å². The van der Waals surface area contributed by atoms with Gasteiger partial charge in [-0.2, -0.15) is 4.31 Å². The third kappa shape index (κ3) is 2.39. The van der Waals surface area contributed by atoms with Crippen molar-refractivity contribution < 1.29 is 18.0 Å². The molecule has 7 nitrogen and oxygen atoms in total. The van der Waals surface area contributed by atoms with Crippen LogP contribution in [0, 0.1) is 6.92 Å². The lowest BCUT2D eigenvalue weighted by atomic mass is 10.2. The Balaban J connectivity index is 2.48. The molecule has 0 aromatic heterocycles. The maximum Gasteiger partial charge on any atom is 0.244 e. The van der Waals surface area contributed by atoms with Gasteiger partial charge < -0.3 is 5.73 Å². The van der Waals surface area contributed by atoms with E-state index in [4.69, 9.17) is 5.73 Å². The van der Waals surface area contributed by atoms with E-state index in [2.05, 4.69) is 5.32 Å². The summed E-state index contributed by atoms with van der Waals surface area (Å²) in [5.41, 5.74) is 6.51. The van der Waals surface area contributed by atoms with Gasteiger partial charge in [0.2, 0.25) is 21.8 Å². The largest absolute Gasteiger partial charge is 0.399 e. The number of nitrogen functional groups attached to an aromatic ring is 1. The summed E-state index contributed by atoms with van der Waals surface area (Å²) >= 11 is 0. The Hall–Kier alpha value is -1.93. The molecule has 1 aliphatic heterocycles. The minimum atomic E-state index is -3.93. The zero-order valence-electron chi connectivity index (χ0n) is 11.1. The molecule has 108 valence electrons. The molecule has 1 fully saturated rings. The van der Waals surface area contributed by atoms with Gasteiger partial charge in [-0.15, -0.1) is 0 Å². The molecule has 0 radical (unpaired) electrons. The molecule has 1 saturated heterocycles. The Morgan fingerprint density at radius 1 is 1.35 bits per heavy atom. The normalized spacial score (nSPS) is 20.8. The van der Waals surface area contributed by atoms with Crippen molar-refractivity contribution in [2.45, 2.75) is 24.8 Å². The standard InChI is InChI=1S/C12H15N3O4S/c1-7-5-9(13)3-4-10(7)20(18,19)15-6-11(16)14-12(17)8(15)2/h3-5,8H,6,13H2,1-2H3,(H,14,16,17). The number of rotatable bonds is 2. The van der Waals surface area contributed by atoms with Crippen LogP contribution in [0.3, 0.4) is 0 Å². The van der Waals surface area contributed by atoms with Crippen molar-refractivity contribution in [2.75, 3.05) is 12.3 Å². The Morgan fingerprint density at radius 2 is 2.00 bits per heavy atom. The molecule has 0 saturated carbocycles. The van der Waals surface area contributed by atoms with Gasteiger partial charge in [0.05, 0.1) is 11.4 Å². The van der Waals surface area contributed by atoms with E-state index in [0.717, 1.165) is 4.31 Å². The number of nitrogens with two attached hydrogens (primary N) is 1. The van der Waals surface area contributed by atoms with Gasteiger partial charge >= 0.3 is 0 Å². The predicted octanol–water partition coefficient (Wildman–Crippen LogP) is -0.387. The summed E-state index contributed by atoms with van der Waals surface area (Å²) < 4.78 is 26.0. The number of aryl methyl sites for hydroxylation is 1. The smallest absolute Gasteiger partial charge is 0.244 e. The second-order valence-corrected chi connectivity index (χ2v) is 6.52.